The highest BCUT2D eigenvalue weighted by atomic mass is 32.2. The monoisotopic (exact) mass is 436 g/mol. The highest BCUT2D eigenvalue weighted by Crippen LogP contribution is 2.38. The van der Waals surface area contributed by atoms with E-state index in [0.717, 1.165) is 38.3 Å². The Balaban J connectivity index is 1.67. The zero-order valence-electron chi connectivity index (χ0n) is 18.4. The number of hydrogen-bond donors (Lipinski definition) is 0. The summed E-state index contributed by atoms with van der Waals surface area (Å²) in [7, 11) is 0. The standard InChI is InChI=1S/C28H24N2OS/c1-4-30-27(31)25(32-28(30)29-26-18(2)10-9-11-19(26)3)17-24-22-14-7-5-12-20(22)16-21-13-6-8-15-23(21)24/h5-17H,4H2,1-3H3/b25-17+,29-28?. The van der Waals surface area contributed by atoms with Crippen LogP contribution in [0.2, 0.25) is 0 Å². The second-order valence-corrected chi connectivity index (χ2v) is 9.04. The van der Waals surface area contributed by atoms with Crippen molar-refractivity contribution in [1.82, 2.24) is 4.90 Å². The number of aliphatic imine (C=N–C) groups is 1. The van der Waals surface area contributed by atoms with Gasteiger partial charge in [0.25, 0.3) is 5.91 Å². The van der Waals surface area contributed by atoms with Crippen molar-refractivity contribution in [1.29, 1.82) is 0 Å². The molecule has 0 radical (unpaired) electrons. The van der Waals surface area contributed by atoms with Crippen LogP contribution in [0.15, 0.2) is 82.7 Å². The van der Waals surface area contributed by atoms with Gasteiger partial charge in [-0.25, -0.2) is 4.99 Å². The molecule has 32 heavy (non-hydrogen) atoms. The summed E-state index contributed by atoms with van der Waals surface area (Å²) in [4.78, 5) is 20.7. The van der Waals surface area contributed by atoms with Crippen molar-refractivity contribution >= 4 is 56.1 Å². The first-order chi connectivity index (χ1) is 15.6. The first-order valence-electron chi connectivity index (χ1n) is 10.8. The Morgan fingerprint density at radius 1 is 0.875 bits per heavy atom. The molecule has 1 fully saturated rings. The predicted molar refractivity (Wildman–Crippen MR) is 137 cm³/mol. The normalized spacial score (nSPS) is 16.7. The van der Waals surface area contributed by atoms with Crippen molar-refractivity contribution in [3.8, 4) is 0 Å². The van der Waals surface area contributed by atoms with Crippen LogP contribution in [-0.2, 0) is 4.79 Å². The van der Waals surface area contributed by atoms with Gasteiger partial charge in [-0.3, -0.25) is 9.69 Å². The molecule has 3 nitrogen and oxygen atoms in total. The third-order valence-corrected chi connectivity index (χ3v) is 6.95. The number of nitrogens with zero attached hydrogens (tertiary/aromatic N) is 2. The summed E-state index contributed by atoms with van der Waals surface area (Å²) in [5.74, 6) is 0.0134. The molecule has 5 rings (SSSR count). The van der Waals surface area contributed by atoms with Gasteiger partial charge in [-0.15, -0.1) is 0 Å². The molecule has 0 atom stereocenters. The fourth-order valence-corrected chi connectivity index (χ4v) is 5.31. The van der Waals surface area contributed by atoms with Crippen molar-refractivity contribution in [2.45, 2.75) is 20.8 Å². The fourth-order valence-electron chi connectivity index (χ4n) is 4.28. The van der Waals surface area contributed by atoms with Crippen molar-refractivity contribution in [3.63, 3.8) is 0 Å². The summed E-state index contributed by atoms with van der Waals surface area (Å²) in [6.45, 7) is 6.70. The molecule has 1 saturated heterocycles. The molecule has 158 valence electrons. The lowest BCUT2D eigenvalue weighted by Gasteiger charge is -2.13. The molecular formula is C28H24N2OS. The lowest BCUT2D eigenvalue weighted by molar-refractivity contribution is -0.122. The number of para-hydroxylation sites is 1. The summed E-state index contributed by atoms with van der Waals surface area (Å²) in [6.07, 6.45) is 2.05. The lowest BCUT2D eigenvalue weighted by Crippen LogP contribution is -2.28. The maximum Gasteiger partial charge on any atom is 0.266 e. The Morgan fingerprint density at radius 2 is 1.47 bits per heavy atom. The van der Waals surface area contributed by atoms with Crippen LogP contribution in [0.25, 0.3) is 27.6 Å². The molecule has 0 bridgehead atoms. The number of thioether (sulfide) groups is 1. The van der Waals surface area contributed by atoms with E-state index < -0.39 is 0 Å². The zero-order valence-corrected chi connectivity index (χ0v) is 19.2. The number of aryl methyl sites for hydroxylation is 2. The predicted octanol–water partition coefficient (Wildman–Crippen LogP) is 7.23. The highest BCUT2D eigenvalue weighted by molar-refractivity contribution is 8.18. The van der Waals surface area contributed by atoms with E-state index in [2.05, 4.69) is 80.6 Å². The van der Waals surface area contributed by atoms with Crippen LogP contribution in [-0.4, -0.2) is 22.5 Å². The maximum atomic E-state index is 13.3. The Kier molecular flexibility index (Phi) is 5.32. The second-order valence-electron chi connectivity index (χ2n) is 8.03. The number of benzene rings is 4. The van der Waals surface area contributed by atoms with Gasteiger partial charge in [0.15, 0.2) is 5.17 Å². The summed E-state index contributed by atoms with van der Waals surface area (Å²) in [6, 6.07) is 25.1. The van der Waals surface area contributed by atoms with E-state index in [1.807, 2.05) is 19.1 Å². The number of carbonyl (C=O) groups excluding carboxylic acids is 1. The van der Waals surface area contributed by atoms with E-state index in [1.54, 1.807) is 4.90 Å². The van der Waals surface area contributed by atoms with E-state index >= 15 is 0 Å². The van der Waals surface area contributed by atoms with E-state index in [4.69, 9.17) is 4.99 Å². The van der Waals surface area contributed by atoms with Crippen molar-refractivity contribution < 1.29 is 4.79 Å². The van der Waals surface area contributed by atoms with Gasteiger partial charge in [0.1, 0.15) is 0 Å². The van der Waals surface area contributed by atoms with Crippen molar-refractivity contribution in [3.05, 3.63) is 94.4 Å². The van der Waals surface area contributed by atoms with Gasteiger partial charge in [-0.1, -0.05) is 66.7 Å². The molecule has 4 aromatic rings. The van der Waals surface area contributed by atoms with Gasteiger partial charge in [0.2, 0.25) is 0 Å². The second kappa shape index (κ2) is 8.29. The number of rotatable bonds is 3. The molecule has 1 aliphatic rings. The molecule has 0 N–H and O–H groups in total. The van der Waals surface area contributed by atoms with Crippen LogP contribution in [0.1, 0.15) is 23.6 Å². The number of carbonyl (C=O) groups is 1. The van der Waals surface area contributed by atoms with Crippen LogP contribution < -0.4 is 0 Å². The first-order valence-corrected chi connectivity index (χ1v) is 11.7. The van der Waals surface area contributed by atoms with Crippen LogP contribution in [0.5, 0.6) is 0 Å². The fraction of sp³-hybridized carbons (Fsp3) is 0.143. The molecule has 4 heteroatoms. The lowest BCUT2D eigenvalue weighted by atomic mass is 9.96. The minimum atomic E-state index is 0.0134. The minimum Gasteiger partial charge on any atom is -0.287 e. The number of hydrogen-bond acceptors (Lipinski definition) is 3. The zero-order chi connectivity index (χ0) is 22.2. The summed E-state index contributed by atoms with van der Waals surface area (Å²) in [5, 5.41) is 5.38. The van der Waals surface area contributed by atoms with Crippen LogP contribution in [0.4, 0.5) is 5.69 Å². The van der Waals surface area contributed by atoms with Crippen LogP contribution in [0.3, 0.4) is 0 Å². The number of fused-ring (bicyclic) bond motifs is 2. The first kappa shape index (κ1) is 20.5. The average molecular weight is 437 g/mol. The molecule has 4 aromatic carbocycles. The molecule has 0 unspecified atom stereocenters. The molecule has 0 aliphatic carbocycles. The number of likely N-dealkylation sites (N-methyl/N-ethyl adjacent to an activating group) is 1. The van der Waals surface area contributed by atoms with E-state index in [1.165, 1.54) is 22.5 Å². The van der Waals surface area contributed by atoms with Crippen LogP contribution in [0, 0.1) is 13.8 Å². The smallest absolute Gasteiger partial charge is 0.266 e. The van der Waals surface area contributed by atoms with Gasteiger partial charge in [-0.2, -0.15) is 0 Å². The molecule has 0 spiro atoms. The minimum absolute atomic E-state index is 0.0134. The van der Waals surface area contributed by atoms with Crippen LogP contribution >= 0.6 is 11.8 Å². The van der Waals surface area contributed by atoms with Gasteiger partial charge >= 0.3 is 0 Å². The molecule has 1 heterocycles. The Hall–Kier alpha value is -3.37. The summed E-state index contributed by atoms with van der Waals surface area (Å²) in [5.41, 5.74) is 4.25. The molecule has 1 aliphatic heterocycles. The van der Waals surface area contributed by atoms with Crippen molar-refractivity contribution in [2.24, 2.45) is 4.99 Å². The Labute approximate surface area is 192 Å². The molecule has 0 saturated carbocycles. The molecule has 0 aromatic heterocycles. The summed E-state index contributed by atoms with van der Waals surface area (Å²) >= 11 is 1.46. The third-order valence-electron chi connectivity index (χ3n) is 5.94. The Bertz CT molecular complexity index is 1360. The molecular weight excluding hydrogens is 412 g/mol. The van der Waals surface area contributed by atoms with E-state index in [9.17, 15) is 4.79 Å². The molecule has 1 amide bonds. The largest absolute Gasteiger partial charge is 0.287 e. The third kappa shape index (κ3) is 3.51. The Morgan fingerprint density at radius 3 is 2.06 bits per heavy atom. The highest BCUT2D eigenvalue weighted by Gasteiger charge is 2.32. The average Bonchev–Trinajstić information content (AvgIpc) is 3.10. The van der Waals surface area contributed by atoms with Gasteiger partial charge in [0.05, 0.1) is 10.6 Å². The quantitative estimate of drug-likeness (QED) is 0.251. The maximum absolute atomic E-state index is 13.3. The van der Waals surface area contributed by atoms with E-state index in [-0.39, 0.29) is 5.91 Å². The topological polar surface area (TPSA) is 32.7 Å². The number of amidine groups is 1. The van der Waals surface area contributed by atoms with Gasteiger partial charge in [-0.05, 0) is 82.9 Å². The van der Waals surface area contributed by atoms with Crippen molar-refractivity contribution in [2.75, 3.05) is 6.54 Å². The van der Waals surface area contributed by atoms with Gasteiger partial charge < -0.3 is 0 Å². The number of amides is 1. The SMILES string of the molecule is CCN1C(=O)/C(=C\c2c3ccccc3cc3ccccc23)SC1=Nc1c(C)cccc1C. The van der Waals surface area contributed by atoms with E-state index in [0.29, 0.717) is 11.4 Å². The summed E-state index contributed by atoms with van der Waals surface area (Å²) < 4.78 is 0. The van der Waals surface area contributed by atoms with Gasteiger partial charge in [0, 0.05) is 6.54 Å².